The predicted octanol–water partition coefficient (Wildman–Crippen LogP) is 6.25. The summed E-state index contributed by atoms with van der Waals surface area (Å²) in [5.41, 5.74) is 10.6. The van der Waals surface area contributed by atoms with Crippen LogP contribution < -0.4 is 0 Å². The number of rotatable bonds is 2. The number of benzene rings is 3. The minimum absolute atomic E-state index is 1.28. The Kier molecular flexibility index (Phi) is 3.85. The molecule has 0 radical (unpaired) electrons. The van der Waals surface area contributed by atoms with Gasteiger partial charge in [0.1, 0.15) is 0 Å². The molecule has 0 fully saturated rings. The van der Waals surface area contributed by atoms with E-state index in [1.54, 1.807) is 0 Å². The van der Waals surface area contributed by atoms with Gasteiger partial charge in [0.05, 0.1) is 0 Å². The smallest absolute Gasteiger partial charge is 0.0152 e. The van der Waals surface area contributed by atoms with Gasteiger partial charge in [-0.1, -0.05) is 60.7 Å². The molecule has 3 rings (SSSR count). The summed E-state index contributed by atoms with van der Waals surface area (Å²) in [6.07, 6.45) is 0. The van der Waals surface area contributed by atoms with Crippen LogP contribution in [-0.2, 0) is 0 Å². The third-order valence-electron chi connectivity index (χ3n) is 4.64. The van der Waals surface area contributed by atoms with Crippen molar-refractivity contribution >= 4 is 0 Å². The molecule has 0 aliphatic carbocycles. The van der Waals surface area contributed by atoms with Crippen molar-refractivity contribution in [1.82, 2.24) is 0 Å². The second kappa shape index (κ2) is 5.81. The molecule has 3 aromatic carbocycles. The summed E-state index contributed by atoms with van der Waals surface area (Å²) in [5, 5.41) is 0. The predicted molar refractivity (Wildman–Crippen MR) is 96.3 cm³/mol. The number of aryl methyl sites for hydroxylation is 3. The monoisotopic (exact) mass is 286 g/mol. The lowest BCUT2D eigenvalue weighted by molar-refractivity contribution is 1.34. The molecular weight excluding hydrogens is 264 g/mol. The van der Waals surface area contributed by atoms with Gasteiger partial charge in [0.15, 0.2) is 0 Å². The number of hydrogen-bond donors (Lipinski definition) is 0. The maximum Gasteiger partial charge on any atom is -0.0152 e. The molecule has 0 aliphatic rings. The minimum Gasteiger partial charge on any atom is -0.0614 e. The summed E-state index contributed by atoms with van der Waals surface area (Å²) in [6, 6.07) is 22.1. The van der Waals surface area contributed by atoms with Crippen LogP contribution in [0.3, 0.4) is 0 Å². The first kappa shape index (κ1) is 14.6. The van der Waals surface area contributed by atoms with Crippen LogP contribution in [0.2, 0.25) is 0 Å². The fourth-order valence-corrected chi connectivity index (χ4v) is 2.83. The first-order valence-electron chi connectivity index (χ1n) is 7.80. The lowest BCUT2D eigenvalue weighted by Gasteiger charge is -2.10. The van der Waals surface area contributed by atoms with Crippen molar-refractivity contribution in [2.24, 2.45) is 0 Å². The van der Waals surface area contributed by atoms with Gasteiger partial charge in [0.25, 0.3) is 0 Å². The summed E-state index contributed by atoms with van der Waals surface area (Å²) in [5.74, 6) is 0. The van der Waals surface area contributed by atoms with E-state index in [9.17, 15) is 0 Å². The van der Waals surface area contributed by atoms with E-state index in [1.165, 1.54) is 44.5 Å². The van der Waals surface area contributed by atoms with Crippen LogP contribution in [0.5, 0.6) is 0 Å². The molecule has 110 valence electrons. The van der Waals surface area contributed by atoms with Gasteiger partial charge < -0.3 is 0 Å². The molecule has 0 unspecified atom stereocenters. The van der Waals surface area contributed by atoms with Gasteiger partial charge in [0, 0.05) is 0 Å². The van der Waals surface area contributed by atoms with E-state index in [0.717, 1.165) is 0 Å². The van der Waals surface area contributed by atoms with Crippen molar-refractivity contribution in [3.05, 3.63) is 82.9 Å². The molecule has 0 bridgehead atoms. The van der Waals surface area contributed by atoms with E-state index in [4.69, 9.17) is 0 Å². The van der Waals surface area contributed by atoms with Crippen molar-refractivity contribution < 1.29 is 0 Å². The van der Waals surface area contributed by atoms with E-state index >= 15 is 0 Å². The van der Waals surface area contributed by atoms with Gasteiger partial charge in [-0.15, -0.1) is 0 Å². The van der Waals surface area contributed by atoms with Crippen LogP contribution in [0.4, 0.5) is 0 Å². The average Bonchev–Trinajstić information content (AvgIpc) is 2.53. The van der Waals surface area contributed by atoms with Gasteiger partial charge in [-0.05, 0) is 72.2 Å². The Labute approximate surface area is 133 Å². The van der Waals surface area contributed by atoms with Crippen molar-refractivity contribution in [3.8, 4) is 22.3 Å². The fourth-order valence-electron chi connectivity index (χ4n) is 2.83. The average molecular weight is 286 g/mol. The van der Waals surface area contributed by atoms with Crippen LogP contribution in [0.25, 0.3) is 22.3 Å². The molecule has 22 heavy (non-hydrogen) atoms. The molecule has 0 aromatic heterocycles. The van der Waals surface area contributed by atoms with Crippen LogP contribution in [-0.4, -0.2) is 0 Å². The molecule has 0 saturated heterocycles. The van der Waals surface area contributed by atoms with Gasteiger partial charge in [0.2, 0.25) is 0 Å². The van der Waals surface area contributed by atoms with Crippen molar-refractivity contribution in [1.29, 1.82) is 0 Å². The molecule has 0 saturated carbocycles. The molecule has 0 amide bonds. The first-order chi connectivity index (χ1) is 10.6. The highest BCUT2D eigenvalue weighted by Crippen LogP contribution is 2.28. The largest absolute Gasteiger partial charge is 0.0614 e. The summed E-state index contributed by atoms with van der Waals surface area (Å²) >= 11 is 0. The van der Waals surface area contributed by atoms with Crippen LogP contribution in [0, 0.1) is 27.7 Å². The topological polar surface area (TPSA) is 0 Å². The quantitative estimate of drug-likeness (QED) is 0.522. The molecule has 0 atom stereocenters. The highest BCUT2D eigenvalue weighted by atomic mass is 14.1. The molecule has 0 aliphatic heterocycles. The maximum atomic E-state index is 2.27. The van der Waals surface area contributed by atoms with Gasteiger partial charge in [-0.25, -0.2) is 0 Å². The van der Waals surface area contributed by atoms with Gasteiger partial charge in [-0.2, -0.15) is 0 Å². The lowest BCUT2D eigenvalue weighted by Crippen LogP contribution is -1.87. The lowest BCUT2D eigenvalue weighted by atomic mass is 9.94. The second-order valence-corrected chi connectivity index (χ2v) is 6.12. The summed E-state index contributed by atoms with van der Waals surface area (Å²) in [4.78, 5) is 0. The standard InChI is InChI=1S/C22H22/c1-15-8-9-21(14-17(15)3)19-10-12-20(13-11-19)22-7-5-6-16(2)18(22)4/h5-14H,1-4H3. The normalized spacial score (nSPS) is 10.7. The van der Waals surface area contributed by atoms with Crippen molar-refractivity contribution in [3.63, 3.8) is 0 Å². The SMILES string of the molecule is Cc1ccc(-c2ccc(-c3cccc(C)c3C)cc2)cc1C. The molecule has 0 heteroatoms. The van der Waals surface area contributed by atoms with E-state index < -0.39 is 0 Å². The van der Waals surface area contributed by atoms with Gasteiger partial charge >= 0.3 is 0 Å². The Morgan fingerprint density at radius 2 is 1.14 bits per heavy atom. The minimum atomic E-state index is 1.28. The zero-order chi connectivity index (χ0) is 15.7. The maximum absolute atomic E-state index is 2.27. The zero-order valence-corrected chi connectivity index (χ0v) is 13.8. The Balaban J connectivity index is 1.99. The second-order valence-electron chi connectivity index (χ2n) is 6.12. The van der Waals surface area contributed by atoms with Gasteiger partial charge in [-0.3, -0.25) is 0 Å². The fraction of sp³-hybridized carbons (Fsp3) is 0.182. The van der Waals surface area contributed by atoms with E-state index in [2.05, 4.69) is 88.4 Å². The summed E-state index contributed by atoms with van der Waals surface area (Å²) in [7, 11) is 0. The summed E-state index contributed by atoms with van der Waals surface area (Å²) < 4.78 is 0. The Morgan fingerprint density at radius 3 is 1.82 bits per heavy atom. The highest BCUT2D eigenvalue weighted by Gasteiger charge is 2.05. The first-order valence-corrected chi connectivity index (χ1v) is 7.80. The number of hydrogen-bond acceptors (Lipinski definition) is 0. The van der Waals surface area contributed by atoms with Crippen LogP contribution in [0.15, 0.2) is 60.7 Å². The summed E-state index contributed by atoms with van der Waals surface area (Å²) in [6.45, 7) is 8.69. The molecule has 0 nitrogen and oxygen atoms in total. The highest BCUT2D eigenvalue weighted by molar-refractivity contribution is 5.73. The third-order valence-corrected chi connectivity index (χ3v) is 4.64. The van der Waals surface area contributed by atoms with E-state index in [1.807, 2.05) is 0 Å². The zero-order valence-electron chi connectivity index (χ0n) is 13.8. The van der Waals surface area contributed by atoms with Crippen LogP contribution >= 0.6 is 0 Å². The molecular formula is C22H22. The molecule has 0 N–H and O–H groups in total. The molecule has 0 spiro atoms. The Hall–Kier alpha value is -2.34. The van der Waals surface area contributed by atoms with E-state index in [0.29, 0.717) is 0 Å². The van der Waals surface area contributed by atoms with Crippen LogP contribution in [0.1, 0.15) is 22.3 Å². The molecule has 3 aromatic rings. The van der Waals surface area contributed by atoms with Crippen molar-refractivity contribution in [2.75, 3.05) is 0 Å². The Morgan fingerprint density at radius 1 is 0.500 bits per heavy atom. The molecule has 0 heterocycles. The van der Waals surface area contributed by atoms with E-state index in [-0.39, 0.29) is 0 Å². The third kappa shape index (κ3) is 2.69. The Bertz CT molecular complexity index is 808. The van der Waals surface area contributed by atoms with Crippen molar-refractivity contribution in [2.45, 2.75) is 27.7 Å².